The summed E-state index contributed by atoms with van der Waals surface area (Å²) in [4.78, 5) is 0. The molecule has 1 heterocycles. The second-order valence-corrected chi connectivity index (χ2v) is 5.41. The minimum atomic E-state index is -0.353. The standard InChI is InChI=1S/C13H18FN5/c1-4-13(2,3)8-19-12(16-17-18-19)10-7-9(14)5-6-11(10)15/h5-7H,4,8,15H2,1-3H3. The predicted molar refractivity (Wildman–Crippen MR) is 71.7 cm³/mol. The van der Waals surface area contributed by atoms with Crippen LogP contribution in [-0.2, 0) is 6.54 Å². The van der Waals surface area contributed by atoms with Crippen LogP contribution in [0, 0.1) is 11.2 Å². The highest BCUT2D eigenvalue weighted by Gasteiger charge is 2.21. The summed E-state index contributed by atoms with van der Waals surface area (Å²) in [5.74, 6) is 0.145. The minimum absolute atomic E-state index is 0.0617. The van der Waals surface area contributed by atoms with Gasteiger partial charge in [-0.2, -0.15) is 0 Å². The van der Waals surface area contributed by atoms with Gasteiger partial charge in [-0.1, -0.05) is 20.8 Å². The predicted octanol–water partition coefficient (Wildman–Crippen LogP) is 2.50. The Bertz CT molecular complexity index is 576. The average Bonchev–Trinajstić information content (AvgIpc) is 2.79. The molecule has 2 aromatic rings. The molecular weight excluding hydrogens is 245 g/mol. The molecular formula is C13H18FN5. The van der Waals surface area contributed by atoms with Crippen molar-refractivity contribution in [1.82, 2.24) is 20.2 Å². The van der Waals surface area contributed by atoms with Gasteiger partial charge in [0.15, 0.2) is 5.82 Å². The molecule has 0 amide bonds. The van der Waals surface area contributed by atoms with Gasteiger partial charge in [-0.05, 0) is 40.5 Å². The molecule has 5 nitrogen and oxygen atoms in total. The zero-order valence-electron chi connectivity index (χ0n) is 11.4. The molecule has 0 atom stereocenters. The highest BCUT2D eigenvalue weighted by molar-refractivity contribution is 5.71. The monoisotopic (exact) mass is 263 g/mol. The second kappa shape index (κ2) is 4.95. The van der Waals surface area contributed by atoms with Crippen LogP contribution in [0.1, 0.15) is 27.2 Å². The maximum atomic E-state index is 13.3. The summed E-state index contributed by atoms with van der Waals surface area (Å²) in [6.45, 7) is 7.03. The molecule has 0 saturated heterocycles. The zero-order chi connectivity index (χ0) is 14.0. The fourth-order valence-electron chi connectivity index (χ4n) is 1.74. The molecule has 2 N–H and O–H groups in total. The Balaban J connectivity index is 2.42. The van der Waals surface area contributed by atoms with Gasteiger partial charge in [0.2, 0.25) is 0 Å². The first kappa shape index (κ1) is 13.5. The lowest BCUT2D eigenvalue weighted by Crippen LogP contribution is -2.20. The number of nitrogens with two attached hydrogens (primary N) is 1. The van der Waals surface area contributed by atoms with Gasteiger partial charge in [0.05, 0.1) is 6.54 Å². The normalized spacial score (nSPS) is 11.8. The van der Waals surface area contributed by atoms with E-state index in [1.165, 1.54) is 18.2 Å². The molecule has 6 heteroatoms. The van der Waals surface area contributed by atoms with E-state index < -0.39 is 0 Å². The van der Waals surface area contributed by atoms with Crippen molar-refractivity contribution in [3.05, 3.63) is 24.0 Å². The van der Waals surface area contributed by atoms with Crippen molar-refractivity contribution in [3.63, 3.8) is 0 Å². The molecule has 0 aliphatic carbocycles. The van der Waals surface area contributed by atoms with Gasteiger partial charge in [-0.3, -0.25) is 0 Å². The number of hydrogen-bond donors (Lipinski definition) is 1. The summed E-state index contributed by atoms with van der Waals surface area (Å²) in [5, 5.41) is 11.6. The number of benzene rings is 1. The van der Waals surface area contributed by atoms with Crippen LogP contribution >= 0.6 is 0 Å². The third-order valence-corrected chi connectivity index (χ3v) is 3.32. The van der Waals surface area contributed by atoms with Crippen LogP contribution in [-0.4, -0.2) is 20.2 Å². The van der Waals surface area contributed by atoms with E-state index in [0.29, 0.717) is 23.6 Å². The van der Waals surface area contributed by atoms with Crippen LogP contribution < -0.4 is 5.73 Å². The second-order valence-electron chi connectivity index (χ2n) is 5.41. The van der Waals surface area contributed by atoms with E-state index in [4.69, 9.17) is 5.73 Å². The van der Waals surface area contributed by atoms with Crippen molar-refractivity contribution in [2.75, 3.05) is 5.73 Å². The number of rotatable bonds is 4. The lowest BCUT2D eigenvalue weighted by atomic mass is 9.90. The Morgan fingerprint density at radius 3 is 2.79 bits per heavy atom. The van der Waals surface area contributed by atoms with E-state index in [2.05, 4.69) is 36.3 Å². The van der Waals surface area contributed by atoms with Gasteiger partial charge in [0.1, 0.15) is 5.82 Å². The van der Waals surface area contributed by atoms with Crippen molar-refractivity contribution in [2.45, 2.75) is 33.7 Å². The van der Waals surface area contributed by atoms with Crippen LogP contribution in [0.4, 0.5) is 10.1 Å². The molecule has 0 aliphatic heterocycles. The van der Waals surface area contributed by atoms with E-state index in [-0.39, 0.29) is 11.2 Å². The Hall–Kier alpha value is -1.98. The molecule has 0 radical (unpaired) electrons. The molecule has 0 bridgehead atoms. The highest BCUT2D eigenvalue weighted by atomic mass is 19.1. The van der Waals surface area contributed by atoms with Crippen LogP contribution in [0.25, 0.3) is 11.4 Å². The molecule has 0 saturated carbocycles. The van der Waals surface area contributed by atoms with Crippen molar-refractivity contribution in [3.8, 4) is 11.4 Å². The van der Waals surface area contributed by atoms with Crippen molar-refractivity contribution < 1.29 is 4.39 Å². The fraction of sp³-hybridized carbons (Fsp3) is 0.462. The molecule has 0 spiro atoms. The third-order valence-electron chi connectivity index (χ3n) is 3.32. The first-order valence-corrected chi connectivity index (χ1v) is 6.24. The summed E-state index contributed by atoms with van der Waals surface area (Å²) < 4.78 is 15.0. The quantitative estimate of drug-likeness (QED) is 0.860. The lowest BCUT2D eigenvalue weighted by molar-refractivity contribution is 0.279. The zero-order valence-corrected chi connectivity index (χ0v) is 11.4. The van der Waals surface area contributed by atoms with Gasteiger partial charge < -0.3 is 5.73 Å². The SMILES string of the molecule is CCC(C)(C)Cn1nnnc1-c1cc(F)ccc1N. The number of aromatic nitrogens is 4. The van der Waals surface area contributed by atoms with Gasteiger partial charge in [0, 0.05) is 11.3 Å². The Morgan fingerprint density at radius 2 is 2.11 bits per heavy atom. The lowest BCUT2D eigenvalue weighted by Gasteiger charge is -2.22. The Labute approximate surface area is 111 Å². The van der Waals surface area contributed by atoms with Crippen LogP contribution in [0.15, 0.2) is 18.2 Å². The fourth-order valence-corrected chi connectivity index (χ4v) is 1.74. The molecule has 0 aliphatic rings. The third kappa shape index (κ3) is 2.89. The van der Waals surface area contributed by atoms with Gasteiger partial charge in [-0.15, -0.1) is 5.10 Å². The average molecular weight is 263 g/mol. The Kier molecular flexibility index (Phi) is 3.50. The maximum Gasteiger partial charge on any atom is 0.184 e. The number of anilines is 1. The van der Waals surface area contributed by atoms with Crippen molar-refractivity contribution >= 4 is 5.69 Å². The number of hydrogen-bond acceptors (Lipinski definition) is 4. The smallest absolute Gasteiger partial charge is 0.184 e. The number of nitrogens with zero attached hydrogens (tertiary/aromatic N) is 4. The Morgan fingerprint density at radius 1 is 1.37 bits per heavy atom. The summed E-state index contributed by atoms with van der Waals surface area (Å²) in [5.41, 5.74) is 6.92. The van der Waals surface area contributed by atoms with Crippen LogP contribution in [0.2, 0.25) is 0 Å². The molecule has 102 valence electrons. The van der Waals surface area contributed by atoms with Gasteiger partial charge in [0.25, 0.3) is 0 Å². The van der Waals surface area contributed by atoms with E-state index in [0.717, 1.165) is 6.42 Å². The highest BCUT2D eigenvalue weighted by Crippen LogP contribution is 2.28. The molecule has 19 heavy (non-hydrogen) atoms. The number of halogens is 1. The summed E-state index contributed by atoms with van der Waals surface area (Å²) in [6, 6.07) is 4.20. The van der Waals surface area contributed by atoms with Crippen molar-refractivity contribution in [1.29, 1.82) is 0 Å². The molecule has 1 aromatic heterocycles. The van der Waals surface area contributed by atoms with Crippen LogP contribution in [0.5, 0.6) is 0 Å². The maximum absolute atomic E-state index is 13.3. The number of nitrogen functional groups attached to an aromatic ring is 1. The van der Waals surface area contributed by atoms with E-state index in [1.807, 2.05) is 0 Å². The number of tetrazole rings is 1. The minimum Gasteiger partial charge on any atom is -0.398 e. The summed E-state index contributed by atoms with van der Waals surface area (Å²) >= 11 is 0. The van der Waals surface area contributed by atoms with Gasteiger partial charge in [-0.25, -0.2) is 9.07 Å². The molecule has 0 fully saturated rings. The van der Waals surface area contributed by atoms with E-state index in [1.54, 1.807) is 4.68 Å². The van der Waals surface area contributed by atoms with Crippen LogP contribution in [0.3, 0.4) is 0 Å². The largest absolute Gasteiger partial charge is 0.398 e. The molecule has 0 unspecified atom stereocenters. The molecule has 1 aromatic carbocycles. The first-order chi connectivity index (χ1) is 8.93. The molecule has 2 rings (SSSR count). The summed E-state index contributed by atoms with van der Waals surface area (Å²) in [7, 11) is 0. The van der Waals surface area contributed by atoms with E-state index in [9.17, 15) is 4.39 Å². The summed E-state index contributed by atoms with van der Waals surface area (Å²) in [6.07, 6.45) is 0.991. The topological polar surface area (TPSA) is 69.6 Å². The first-order valence-electron chi connectivity index (χ1n) is 6.24. The van der Waals surface area contributed by atoms with Crippen molar-refractivity contribution in [2.24, 2.45) is 5.41 Å². The van der Waals surface area contributed by atoms with E-state index >= 15 is 0 Å². The van der Waals surface area contributed by atoms with Gasteiger partial charge >= 0.3 is 0 Å².